The van der Waals surface area contributed by atoms with Crippen LogP contribution in [0.1, 0.15) is 47.0 Å². The van der Waals surface area contributed by atoms with Gasteiger partial charge in [-0.3, -0.25) is 9.59 Å². The van der Waals surface area contributed by atoms with Gasteiger partial charge < -0.3 is 18.9 Å². The van der Waals surface area contributed by atoms with E-state index in [4.69, 9.17) is 18.9 Å². The van der Waals surface area contributed by atoms with Gasteiger partial charge in [-0.05, 0) is 24.2 Å². The first-order chi connectivity index (χ1) is 13.6. The Labute approximate surface area is 170 Å². The third kappa shape index (κ3) is 2.40. The summed E-state index contributed by atoms with van der Waals surface area (Å²) in [7, 11) is 0. The number of hydrogen-bond donors (Lipinski definition) is 0. The molecule has 2 saturated heterocycles. The molecule has 0 amide bonds. The fourth-order valence-electron chi connectivity index (χ4n) is 6.94. The maximum Gasteiger partial charge on any atom is 0.331 e. The Hall–Kier alpha value is -1.73. The van der Waals surface area contributed by atoms with Crippen molar-refractivity contribution in [2.45, 2.75) is 70.9 Å². The van der Waals surface area contributed by atoms with Crippen LogP contribution in [-0.2, 0) is 33.3 Å². The quantitative estimate of drug-likeness (QED) is 0.513. The van der Waals surface area contributed by atoms with Crippen LogP contribution in [0.15, 0.2) is 11.6 Å². The van der Waals surface area contributed by atoms with E-state index < -0.39 is 17.1 Å². The second-order valence-electron chi connectivity index (χ2n) is 9.94. The van der Waals surface area contributed by atoms with Gasteiger partial charge in [-0.25, -0.2) is 4.79 Å². The molecule has 2 aliphatic carbocycles. The van der Waals surface area contributed by atoms with Crippen LogP contribution in [0, 0.1) is 22.7 Å². The van der Waals surface area contributed by atoms with Crippen molar-refractivity contribution >= 4 is 17.7 Å². The number of ether oxygens (including phenoxy) is 4. The highest BCUT2D eigenvalue weighted by molar-refractivity contribution is 5.93. The van der Waals surface area contributed by atoms with Crippen molar-refractivity contribution in [1.29, 1.82) is 0 Å². The SMILES string of the molecule is CC(=O)OC1CC(C)C2(C)CC(C3=CC(=O)OC3)OC3CC(=O)C4(CO4)C1(C)C32. The van der Waals surface area contributed by atoms with E-state index in [0.29, 0.717) is 13.0 Å². The van der Waals surface area contributed by atoms with Crippen LogP contribution in [0.3, 0.4) is 0 Å². The summed E-state index contributed by atoms with van der Waals surface area (Å²) in [6.07, 6.45) is 2.29. The van der Waals surface area contributed by atoms with Gasteiger partial charge in [0.05, 0.1) is 18.8 Å². The highest BCUT2D eigenvalue weighted by atomic mass is 16.6. The summed E-state index contributed by atoms with van der Waals surface area (Å²) < 4.78 is 23.2. The summed E-state index contributed by atoms with van der Waals surface area (Å²) in [5.74, 6) is -0.375. The lowest BCUT2D eigenvalue weighted by molar-refractivity contribution is -0.265. The van der Waals surface area contributed by atoms with Gasteiger partial charge >= 0.3 is 11.9 Å². The normalized spacial score (nSPS) is 50.6. The summed E-state index contributed by atoms with van der Waals surface area (Å²) in [5.41, 5.74) is -0.814. The summed E-state index contributed by atoms with van der Waals surface area (Å²) in [6, 6.07) is 0. The molecule has 0 bridgehead atoms. The van der Waals surface area contributed by atoms with Crippen LogP contribution in [0.5, 0.6) is 0 Å². The Morgan fingerprint density at radius 3 is 2.59 bits per heavy atom. The Balaban J connectivity index is 1.59. The molecule has 0 radical (unpaired) electrons. The van der Waals surface area contributed by atoms with Crippen LogP contribution >= 0.6 is 0 Å². The number of carbonyl (C=O) groups is 3. The molecule has 0 aromatic heterocycles. The molecule has 7 nitrogen and oxygen atoms in total. The van der Waals surface area contributed by atoms with Crippen LogP contribution in [-0.4, -0.2) is 54.8 Å². The average molecular weight is 404 g/mol. The van der Waals surface area contributed by atoms with Crippen molar-refractivity contribution in [3.63, 3.8) is 0 Å². The summed E-state index contributed by atoms with van der Waals surface area (Å²) >= 11 is 0. The minimum absolute atomic E-state index is 0.0122. The lowest BCUT2D eigenvalue weighted by Gasteiger charge is -2.66. The number of Topliss-reactive ketones (excluding diaryl/α,β-unsaturated/α-hetero) is 1. The van der Waals surface area contributed by atoms with E-state index in [-0.39, 0.29) is 60.2 Å². The van der Waals surface area contributed by atoms with Gasteiger partial charge in [0.15, 0.2) is 11.4 Å². The van der Waals surface area contributed by atoms with Crippen molar-refractivity contribution in [2.24, 2.45) is 22.7 Å². The number of fused-ring (bicyclic) bond motifs is 1. The van der Waals surface area contributed by atoms with E-state index in [1.807, 2.05) is 0 Å². The van der Waals surface area contributed by atoms with Crippen LogP contribution in [0.4, 0.5) is 0 Å². The summed E-state index contributed by atoms with van der Waals surface area (Å²) in [5, 5.41) is 0. The Morgan fingerprint density at radius 1 is 1.28 bits per heavy atom. The number of rotatable bonds is 2. The predicted molar refractivity (Wildman–Crippen MR) is 99.7 cm³/mol. The highest BCUT2D eigenvalue weighted by Gasteiger charge is 2.79. The predicted octanol–water partition coefficient (Wildman–Crippen LogP) is 1.97. The van der Waals surface area contributed by atoms with Crippen molar-refractivity contribution < 1.29 is 33.3 Å². The van der Waals surface area contributed by atoms with Gasteiger partial charge in [0.25, 0.3) is 0 Å². The first-order valence-electron chi connectivity index (χ1n) is 10.5. The molecule has 3 heterocycles. The van der Waals surface area contributed by atoms with Crippen molar-refractivity contribution in [1.82, 2.24) is 0 Å². The van der Waals surface area contributed by atoms with Gasteiger partial charge in [0.1, 0.15) is 12.7 Å². The standard InChI is InChI=1S/C22H28O7/c1-11-5-17(28-12(2)23)21(4)19-14(7-16(24)22(21)10-27-22)29-15(8-20(11,19)3)13-6-18(25)26-9-13/h6,11,14-15,17,19H,5,7-10H2,1-4H3. The summed E-state index contributed by atoms with van der Waals surface area (Å²) in [6.45, 7) is 8.55. The Kier molecular flexibility index (Phi) is 3.92. The van der Waals surface area contributed by atoms with Crippen molar-refractivity contribution in [3.05, 3.63) is 11.6 Å². The van der Waals surface area contributed by atoms with Crippen LogP contribution < -0.4 is 0 Å². The lowest BCUT2D eigenvalue weighted by Crippen LogP contribution is -2.72. The molecule has 4 fully saturated rings. The zero-order chi connectivity index (χ0) is 20.8. The second-order valence-corrected chi connectivity index (χ2v) is 9.94. The molecule has 29 heavy (non-hydrogen) atoms. The number of cyclic esters (lactones) is 1. The number of esters is 2. The number of ketones is 1. The molecular formula is C22H28O7. The molecule has 0 aromatic rings. The average Bonchev–Trinajstić information content (AvgIpc) is 3.33. The molecular weight excluding hydrogens is 376 g/mol. The third-order valence-corrected chi connectivity index (χ3v) is 8.60. The van der Waals surface area contributed by atoms with Crippen molar-refractivity contribution in [3.8, 4) is 0 Å². The minimum atomic E-state index is -0.877. The monoisotopic (exact) mass is 404 g/mol. The van der Waals surface area contributed by atoms with Gasteiger partial charge in [0, 0.05) is 36.3 Å². The van der Waals surface area contributed by atoms with E-state index in [9.17, 15) is 14.4 Å². The Bertz CT molecular complexity index is 827. The zero-order valence-corrected chi connectivity index (χ0v) is 17.4. The van der Waals surface area contributed by atoms with E-state index in [1.165, 1.54) is 13.0 Å². The number of epoxide rings is 1. The van der Waals surface area contributed by atoms with Crippen LogP contribution in [0.25, 0.3) is 0 Å². The minimum Gasteiger partial charge on any atom is -0.462 e. The van der Waals surface area contributed by atoms with Crippen LogP contribution in [0.2, 0.25) is 0 Å². The van der Waals surface area contributed by atoms with Gasteiger partial charge in [-0.2, -0.15) is 0 Å². The molecule has 7 heteroatoms. The van der Waals surface area contributed by atoms with Gasteiger partial charge in [0.2, 0.25) is 0 Å². The molecule has 0 N–H and O–H groups in total. The first kappa shape index (κ1) is 19.2. The van der Waals surface area contributed by atoms with Crippen molar-refractivity contribution in [2.75, 3.05) is 13.2 Å². The fourth-order valence-corrected chi connectivity index (χ4v) is 6.94. The number of hydrogen-bond acceptors (Lipinski definition) is 7. The van der Waals surface area contributed by atoms with E-state index in [0.717, 1.165) is 12.0 Å². The van der Waals surface area contributed by atoms with Gasteiger partial charge in [-0.1, -0.05) is 20.8 Å². The molecule has 1 spiro atoms. The topological polar surface area (TPSA) is 91.4 Å². The Morgan fingerprint density at radius 2 is 2.00 bits per heavy atom. The maximum atomic E-state index is 13.2. The largest absolute Gasteiger partial charge is 0.462 e. The molecule has 2 saturated carbocycles. The molecule has 5 aliphatic rings. The first-order valence-corrected chi connectivity index (χ1v) is 10.5. The smallest absolute Gasteiger partial charge is 0.331 e. The van der Waals surface area contributed by atoms with E-state index >= 15 is 0 Å². The molecule has 5 rings (SSSR count). The van der Waals surface area contributed by atoms with E-state index in [2.05, 4.69) is 20.8 Å². The molecule has 8 unspecified atom stereocenters. The lowest BCUT2D eigenvalue weighted by atomic mass is 9.41. The molecule has 3 aliphatic heterocycles. The highest BCUT2D eigenvalue weighted by Crippen LogP contribution is 2.70. The molecule has 8 atom stereocenters. The summed E-state index contributed by atoms with van der Waals surface area (Å²) in [4.78, 5) is 36.7. The molecule has 0 aromatic carbocycles. The zero-order valence-electron chi connectivity index (χ0n) is 17.4. The molecule has 158 valence electrons. The number of carbonyl (C=O) groups excluding carboxylic acids is 3. The fraction of sp³-hybridized carbons (Fsp3) is 0.773. The van der Waals surface area contributed by atoms with Gasteiger partial charge in [-0.15, -0.1) is 0 Å². The maximum absolute atomic E-state index is 13.2. The van der Waals surface area contributed by atoms with E-state index in [1.54, 1.807) is 0 Å². The third-order valence-electron chi connectivity index (χ3n) is 8.60. The second kappa shape index (κ2) is 5.91.